The Kier molecular flexibility index (Phi) is 6.89. The van der Waals surface area contributed by atoms with E-state index in [-0.39, 0.29) is 0 Å². The highest BCUT2D eigenvalue weighted by Gasteiger charge is 2.34. The monoisotopic (exact) mass is 525 g/mol. The topological polar surface area (TPSA) is 106 Å². The van der Waals surface area contributed by atoms with E-state index in [2.05, 4.69) is 16.0 Å². The molecular formula is C27H28ClN3O4S. The van der Waals surface area contributed by atoms with Crippen molar-refractivity contribution in [2.75, 3.05) is 19.6 Å². The van der Waals surface area contributed by atoms with Crippen molar-refractivity contribution in [3.63, 3.8) is 0 Å². The number of halogens is 1. The number of nitrogens with zero attached hydrogens (tertiary/aromatic N) is 2. The van der Waals surface area contributed by atoms with Gasteiger partial charge in [0.15, 0.2) is 0 Å². The van der Waals surface area contributed by atoms with E-state index in [1.807, 2.05) is 42.5 Å². The lowest BCUT2D eigenvalue weighted by Gasteiger charge is -2.38. The van der Waals surface area contributed by atoms with Crippen LogP contribution in [0.5, 0.6) is 5.88 Å². The minimum Gasteiger partial charge on any atom is -0.438 e. The highest BCUT2D eigenvalue weighted by atomic mass is 35.5. The molecule has 5 rings (SSSR count). The molecule has 188 valence electrons. The zero-order chi connectivity index (χ0) is 25.3. The smallest absolute Gasteiger partial charge is 0.227 e. The van der Waals surface area contributed by atoms with Crippen LogP contribution >= 0.6 is 11.6 Å². The second kappa shape index (κ2) is 9.95. The number of primary sulfonamides is 1. The highest BCUT2D eigenvalue weighted by molar-refractivity contribution is 7.90. The van der Waals surface area contributed by atoms with Crippen LogP contribution in [0.25, 0.3) is 5.57 Å². The lowest BCUT2D eigenvalue weighted by atomic mass is 9.84. The van der Waals surface area contributed by atoms with Crippen LogP contribution in [0.3, 0.4) is 0 Å². The van der Waals surface area contributed by atoms with E-state index in [9.17, 15) is 13.5 Å². The third-order valence-electron chi connectivity index (χ3n) is 6.95. The van der Waals surface area contributed by atoms with E-state index in [4.69, 9.17) is 21.5 Å². The van der Waals surface area contributed by atoms with Crippen LogP contribution in [-0.4, -0.2) is 48.3 Å². The van der Waals surface area contributed by atoms with Gasteiger partial charge in [-0.2, -0.15) is 0 Å². The molecule has 1 fully saturated rings. The molecule has 0 saturated carbocycles. The Morgan fingerprint density at radius 2 is 1.97 bits per heavy atom. The maximum absolute atomic E-state index is 12.3. The molecule has 1 atom stereocenters. The molecule has 1 aliphatic carbocycles. The van der Waals surface area contributed by atoms with Crippen LogP contribution in [-0.2, 0) is 15.6 Å². The van der Waals surface area contributed by atoms with Crippen molar-refractivity contribution in [1.82, 2.24) is 9.88 Å². The van der Waals surface area contributed by atoms with Gasteiger partial charge >= 0.3 is 0 Å². The Hall–Kier alpha value is -2.75. The summed E-state index contributed by atoms with van der Waals surface area (Å²) in [5.41, 5.74) is 2.19. The van der Waals surface area contributed by atoms with Gasteiger partial charge in [0.1, 0.15) is 11.0 Å². The largest absolute Gasteiger partial charge is 0.438 e. The van der Waals surface area contributed by atoms with Gasteiger partial charge in [-0.25, -0.2) is 18.5 Å². The van der Waals surface area contributed by atoms with Crippen molar-refractivity contribution >= 4 is 27.2 Å². The second-order valence-corrected chi connectivity index (χ2v) is 11.4. The number of nitrogens with two attached hydrogens (primary N) is 1. The molecule has 2 aliphatic heterocycles. The molecule has 1 aromatic carbocycles. The fraction of sp³-hybridized carbons (Fsp3) is 0.296. The summed E-state index contributed by atoms with van der Waals surface area (Å²) in [6.45, 7) is 2.35. The molecule has 1 unspecified atom stereocenters. The van der Waals surface area contributed by atoms with Gasteiger partial charge in [0.25, 0.3) is 0 Å². The van der Waals surface area contributed by atoms with Crippen molar-refractivity contribution in [3.05, 3.63) is 100 Å². The molecule has 3 aliphatic rings. The zero-order valence-corrected chi connectivity index (χ0v) is 21.3. The molecule has 0 bridgehead atoms. The number of sulfonamides is 1. The number of allylic oxidation sites excluding steroid dienone is 5. The van der Waals surface area contributed by atoms with Gasteiger partial charge in [0, 0.05) is 42.0 Å². The van der Waals surface area contributed by atoms with E-state index in [1.54, 1.807) is 24.4 Å². The van der Waals surface area contributed by atoms with Crippen molar-refractivity contribution in [2.45, 2.75) is 30.1 Å². The maximum atomic E-state index is 12.3. The van der Waals surface area contributed by atoms with E-state index in [1.165, 1.54) is 0 Å². The van der Waals surface area contributed by atoms with E-state index < -0.39 is 20.9 Å². The number of rotatable bonds is 5. The first-order chi connectivity index (χ1) is 17.2. The number of aromatic nitrogens is 1. The Labute approximate surface area is 216 Å². The standard InChI is InChI=1S/C27H28ClN3O4S/c28-21-10-8-20(9-11-21)27(32)12-16-31(17-13-27)15-3-4-19-18-23-24(6-1-7-25(23)36(29,33)34)35-26-22(19)5-2-14-30-26/h1-2,4-11,14,18,25,32H,3,12-13,15-17H2,(H2,29,33,34). The molecule has 3 N–H and O–H groups in total. The minimum absolute atomic E-state index is 0.427. The van der Waals surface area contributed by atoms with Gasteiger partial charge < -0.3 is 14.7 Å². The summed E-state index contributed by atoms with van der Waals surface area (Å²) in [4.78, 5) is 6.69. The van der Waals surface area contributed by atoms with Gasteiger partial charge in [0.05, 0.1) is 5.60 Å². The van der Waals surface area contributed by atoms with Crippen molar-refractivity contribution in [3.8, 4) is 5.88 Å². The summed E-state index contributed by atoms with van der Waals surface area (Å²) in [7, 11) is -3.86. The van der Waals surface area contributed by atoms with Crippen LogP contribution in [0.4, 0.5) is 0 Å². The maximum Gasteiger partial charge on any atom is 0.227 e. The average molecular weight is 526 g/mol. The normalized spacial score (nSPS) is 22.6. The molecule has 3 heterocycles. The van der Waals surface area contributed by atoms with Gasteiger partial charge in [-0.15, -0.1) is 0 Å². The first-order valence-electron chi connectivity index (χ1n) is 11.9. The minimum atomic E-state index is -3.86. The van der Waals surface area contributed by atoms with Crippen LogP contribution in [0.2, 0.25) is 5.02 Å². The third kappa shape index (κ3) is 5.19. The number of hydrogen-bond donors (Lipinski definition) is 2. The Bertz CT molecular complexity index is 1370. The number of aliphatic hydroxyl groups is 1. The number of pyridine rings is 1. The molecule has 1 aromatic heterocycles. The Balaban J connectivity index is 1.32. The Morgan fingerprint density at radius 1 is 1.22 bits per heavy atom. The van der Waals surface area contributed by atoms with E-state index in [0.717, 1.165) is 42.8 Å². The third-order valence-corrected chi connectivity index (χ3v) is 8.32. The molecule has 7 nitrogen and oxygen atoms in total. The van der Waals surface area contributed by atoms with Gasteiger partial charge in [-0.05, 0) is 66.8 Å². The van der Waals surface area contributed by atoms with Gasteiger partial charge in [0.2, 0.25) is 15.9 Å². The molecule has 9 heteroatoms. The first kappa shape index (κ1) is 24.9. The molecule has 36 heavy (non-hydrogen) atoms. The summed E-state index contributed by atoms with van der Waals surface area (Å²) in [5, 5.41) is 16.3. The molecule has 2 aromatic rings. The number of likely N-dealkylation sites (tertiary alicyclic amines) is 1. The van der Waals surface area contributed by atoms with Crippen molar-refractivity contribution in [2.24, 2.45) is 5.14 Å². The fourth-order valence-corrected chi connectivity index (χ4v) is 5.90. The predicted octanol–water partition coefficient (Wildman–Crippen LogP) is 3.92. The van der Waals surface area contributed by atoms with Crippen LogP contribution in [0.15, 0.2) is 84.3 Å². The second-order valence-electron chi connectivity index (χ2n) is 9.31. The SMILES string of the molecule is NS(=O)(=O)C1C=CC=C2Oc3ncccc3C(=CCCN3CCC(O)(c4ccc(Cl)cc4)CC3)C=C21. The van der Waals surface area contributed by atoms with E-state index >= 15 is 0 Å². The predicted molar refractivity (Wildman–Crippen MR) is 141 cm³/mol. The molecule has 1 saturated heterocycles. The van der Waals surface area contributed by atoms with Crippen LogP contribution < -0.4 is 9.88 Å². The summed E-state index contributed by atoms with van der Waals surface area (Å²) >= 11 is 6.00. The first-order valence-corrected chi connectivity index (χ1v) is 13.9. The van der Waals surface area contributed by atoms with Gasteiger partial charge in [-0.3, -0.25) is 0 Å². The molecule has 0 amide bonds. The average Bonchev–Trinajstić information content (AvgIpc) is 3.01. The lowest BCUT2D eigenvalue weighted by molar-refractivity contribution is -0.0254. The van der Waals surface area contributed by atoms with Crippen LogP contribution in [0, 0.1) is 0 Å². The number of hydrogen-bond acceptors (Lipinski definition) is 6. The summed E-state index contributed by atoms with van der Waals surface area (Å²) < 4.78 is 30.5. The lowest BCUT2D eigenvalue weighted by Crippen LogP contribution is -2.42. The van der Waals surface area contributed by atoms with Gasteiger partial charge in [-0.1, -0.05) is 42.0 Å². The number of ether oxygens (including phenoxy) is 1. The summed E-state index contributed by atoms with van der Waals surface area (Å²) in [6, 6.07) is 11.2. The zero-order valence-electron chi connectivity index (χ0n) is 19.7. The van der Waals surface area contributed by atoms with Crippen LogP contribution in [0.1, 0.15) is 30.4 Å². The van der Waals surface area contributed by atoms with Crippen molar-refractivity contribution < 1.29 is 18.3 Å². The molecule has 0 radical (unpaired) electrons. The molecule has 0 spiro atoms. The highest BCUT2D eigenvalue weighted by Crippen LogP contribution is 2.37. The summed E-state index contributed by atoms with van der Waals surface area (Å²) in [5.74, 6) is 0.855. The fourth-order valence-electron chi connectivity index (χ4n) is 4.92. The Morgan fingerprint density at radius 3 is 2.69 bits per heavy atom. The molecular weight excluding hydrogens is 498 g/mol. The summed E-state index contributed by atoms with van der Waals surface area (Å²) in [6.07, 6.45) is 12.5. The van der Waals surface area contributed by atoms with Crippen molar-refractivity contribution in [1.29, 1.82) is 0 Å². The quantitative estimate of drug-likeness (QED) is 0.613. The number of benzene rings is 1. The number of fused-ring (bicyclic) bond motifs is 2. The number of piperidine rings is 1. The van der Waals surface area contributed by atoms with E-state index in [0.29, 0.717) is 35.1 Å².